The molecule has 3 atom stereocenters. The molecule has 0 aliphatic rings. The summed E-state index contributed by atoms with van der Waals surface area (Å²) in [5.74, 6) is -0.185. The minimum Gasteiger partial charge on any atom is -0.387 e. The van der Waals surface area contributed by atoms with Gasteiger partial charge >= 0.3 is 7.82 Å². The van der Waals surface area contributed by atoms with Crippen LogP contribution in [0.3, 0.4) is 0 Å². The Kier molecular flexibility index (Phi) is 37.8. The van der Waals surface area contributed by atoms with Crippen molar-refractivity contribution in [3.8, 4) is 0 Å². The van der Waals surface area contributed by atoms with E-state index in [2.05, 4.69) is 31.3 Å². The third-order valence-electron chi connectivity index (χ3n) is 10.4. The molecule has 55 heavy (non-hydrogen) atoms. The molecule has 0 aliphatic heterocycles. The van der Waals surface area contributed by atoms with Crippen LogP contribution in [0.1, 0.15) is 213 Å². The van der Waals surface area contributed by atoms with Crippen LogP contribution in [0.4, 0.5) is 0 Å². The molecule has 3 unspecified atom stereocenters. The average Bonchev–Trinajstić information content (AvgIpc) is 3.13. The fourth-order valence-corrected chi connectivity index (χ4v) is 7.42. The van der Waals surface area contributed by atoms with Gasteiger partial charge in [-0.3, -0.25) is 13.8 Å². The van der Waals surface area contributed by atoms with E-state index in [-0.39, 0.29) is 19.1 Å². The number of phosphoric ester groups is 1. The van der Waals surface area contributed by atoms with E-state index < -0.39 is 20.0 Å². The molecule has 0 saturated carbocycles. The van der Waals surface area contributed by atoms with E-state index in [9.17, 15) is 19.4 Å². The van der Waals surface area contributed by atoms with Crippen molar-refractivity contribution in [1.82, 2.24) is 5.32 Å². The molecule has 0 radical (unpaired) electrons. The van der Waals surface area contributed by atoms with Crippen molar-refractivity contribution < 1.29 is 32.9 Å². The lowest BCUT2D eigenvalue weighted by Crippen LogP contribution is -2.45. The second-order valence-electron chi connectivity index (χ2n) is 17.1. The molecule has 0 spiro atoms. The molecular formula is C46H92N2O6P+. The third-order valence-corrected chi connectivity index (χ3v) is 11.4. The van der Waals surface area contributed by atoms with E-state index in [0.717, 1.165) is 51.4 Å². The number of hydrogen-bond acceptors (Lipinski definition) is 5. The molecule has 0 heterocycles. The summed E-state index contributed by atoms with van der Waals surface area (Å²) < 4.78 is 23.6. The monoisotopic (exact) mass is 800 g/mol. The van der Waals surface area contributed by atoms with Crippen molar-refractivity contribution >= 4 is 13.7 Å². The summed E-state index contributed by atoms with van der Waals surface area (Å²) in [4.78, 5) is 23.1. The largest absolute Gasteiger partial charge is 0.472 e. The number of aliphatic hydroxyl groups excluding tert-OH is 1. The maximum Gasteiger partial charge on any atom is 0.472 e. The minimum atomic E-state index is -4.34. The summed E-state index contributed by atoms with van der Waals surface area (Å²) in [6.45, 7) is 4.81. The minimum absolute atomic E-state index is 0.0610. The number of nitrogens with zero attached hydrogens (tertiary/aromatic N) is 1. The highest BCUT2D eigenvalue weighted by molar-refractivity contribution is 7.47. The van der Waals surface area contributed by atoms with E-state index in [4.69, 9.17) is 9.05 Å². The zero-order chi connectivity index (χ0) is 40.7. The van der Waals surface area contributed by atoms with Crippen molar-refractivity contribution in [3.63, 3.8) is 0 Å². The van der Waals surface area contributed by atoms with Crippen LogP contribution in [0.15, 0.2) is 24.3 Å². The third kappa shape index (κ3) is 41.0. The summed E-state index contributed by atoms with van der Waals surface area (Å²) in [7, 11) is 1.57. The lowest BCUT2D eigenvalue weighted by Gasteiger charge is -2.25. The first-order valence-corrected chi connectivity index (χ1v) is 24.7. The second kappa shape index (κ2) is 38.5. The highest BCUT2D eigenvalue weighted by Gasteiger charge is 2.27. The summed E-state index contributed by atoms with van der Waals surface area (Å²) in [6.07, 6.45) is 45.3. The molecule has 0 rings (SSSR count). The Morgan fingerprint density at radius 1 is 0.600 bits per heavy atom. The molecular weight excluding hydrogens is 707 g/mol. The van der Waals surface area contributed by atoms with Crippen LogP contribution < -0.4 is 5.32 Å². The predicted octanol–water partition coefficient (Wildman–Crippen LogP) is 12.9. The van der Waals surface area contributed by atoms with E-state index in [1.807, 2.05) is 27.2 Å². The molecule has 0 aliphatic carbocycles. The van der Waals surface area contributed by atoms with Crippen LogP contribution in [0.2, 0.25) is 0 Å². The van der Waals surface area contributed by atoms with Gasteiger partial charge in [-0.15, -0.1) is 0 Å². The van der Waals surface area contributed by atoms with Gasteiger partial charge in [0, 0.05) is 6.42 Å². The van der Waals surface area contributed by atoms with E-state index in [1.54, 1.807) is 6.08 Å². The number of unbranched alkanes of at least 4 members (excludes halogenated alkanes) is 27. The maximum atomic E-state index is 12.9. The highest BCUT2D eigenvalue weighted by atomic mass is 31.2. The number of quaternary nitrogens is 1. The summed E-state index contributed by atoms with van der Waals surface area (Å²) >= 11 is 0. The van der Waals surface area contributed by atoms with Gasteiger partial charge in [-0.05, 0) is 44.9 Å². The predicted molar refractivity (Wildman–Crippen MR) is 235 cm³/mol. The van der Waals surface area contributed by atoms with Crippen molar-refractivity contribution in [1.29, 1.82) is 0 Å². The van der Waals surface area contributed by atoms with Crippen LogP contribution in [0, 0.1) is 0 Å². The number of allylic oxidation sites excluding steroid dienone is 3. The van der Waals surface area contributed by atoms with Crippen LogP contribution in [0.25, 0.3) is 0 Å². The number of aliphatic hydroxyl groups is 1. The topological polar surface area (TPSA) is 105 Å². The van der Waals surface area contributed by atoms with E-state index in [1.165, 1.54) is 141 Å². The normalized spacial score (nSPS) is 14.5. The van der Waals surface area contributed by atoms with Crippen LogP contribution >= 0.6 is 7.82 Å². The summed E-state index contributed by atoms with van der Waals surface area (Å²) in [5, 5.41) is 13.8. The molecule has 0 fully saturated rings. The smallest absolute Gasteiger partial charge is 0.387 e. The van der Waals surface area contributed by atoms with Gasteiger partial charge in [0.1, 0.15) is 13.2 Å². The highest BCUT2D eigenvalue weighted by Crippen LogP contribution is 2.43. The number of carbonyl (C=O) groups excluding carboxylic acids is 1. The first kappa shape index (κ1) is 54.0. The maximum absolute atomic E-state index is 12.9. The molecule has 0 aromatic heterocycles. The fraction of sp³-hybridized carbons (Fsp3) is 0.891. The van der Waals surface area contributed by atoms with Gasteiger partial charge < -0.3 is 19.8 Å². The van der Waals surface area contributed by atoms with E-state index in [0.29, 0.717) is 17.4 Å². The number of likely N-dealkylation sites (N-methyl/N-ethyl adjacent to an activating group) is 1. The summed E-state index contributed by atoms with van der Waals surface area (Å²) in [6, 6.07) is -0.847. The summed E-state index contributed by atoms with van der Waals surface area (Å²) in [5.41, 5.74) is 0. The zero-order valence-electron chi connectivity index (χ0n) is 36.9. The number of phosphoric acid groups is 1. The van der Waals surface area contributed by atoms with Gasteiger partial charge in [0.2, 0.25) is 5.91 Å². The van der Waals surface area contributed by atoms with Crippen molar-refractivity contribution in [2.45, 2.75) is 225 Å². The van der Waals surface area contributed by atoms with Gasteiger partial charge in [-0.2, -0.15) is 0 Å². The Bertz CT molecular complexity index is 953. The van der Waals surface area contributed by atoms with Gasteiger partial charge in [-0.1, -0.05) is 186 Å². The SMILES string of the molecule is CCCCCCCCCCC/C=C\CCCCCCCC(=O)NC(COP(=O)(O)OCC[N+](C)(C)C)C(O)/C=C/CCCCCCCCCCCCCCC. The molecule has 0 bridgehead atoms. The molecule has 8 nitrogen and oxygen atoms in total. The number of rotatable bonds is 42. The van der Waals surface area contributed by atoms with Gasteiger partial charge in [0.15, 0.2) is 0 Å². The lowest BCUT2D eigenvalue weighted by molar-refractivity contribution is -0.870. The Morgan fingerprint density at radius 2 is 0.982 bits per heavy atom. The standard InChI is InChI=1S/C46H91N2O6P/c1-6-8-10-12-14-16-18-20-22-23-24-26-28-30-32-34-36-38-40-46(50)47-44(43-54-55(51,52)53-42-41-48(3,4)5)45(49)39-37-35-33-31-29-27-25-21-19-17-15-13-11-9-7-2/h24,26,37,39,44-45,49H,6-23,25,27-36,38,40-43H2,1-5H3,(H-,47,50,51,52)/p+1/b26-24-,39-37+. The zero-order valence-corrected chi connectivity index (χ0v) is 37.8. The lowest BCUT2D eigenvalue weighted by atomic mass is 10.0. The number of carbonyl (C=O) groups is 1. The molecule has 326 valence electrons. The number of nitrogens with one attached hydrogen (secondary N) is 1. The molecule has 1 amide bonds. The van der Waals surface area contributed by atoms with Gasteiger partial charge in [0.05, 0.1) is 39.9 Å². The quantitative estimate of drug-likeness (QED) is 0.0246. The van der Waals surface area contributed by atoms with Gasteiger partial charge in [-0.25, -0.2) is 4.57 Å². The van der Waals surface area contributed by atoms with E-state index >= 15 is 0 Å². The number of hydrogen-bond donors (Lipinski definition) is 3. The van der Waals surface area contributed by atoms with Crippen LogP contribution in [-0.4, -0.2) is 73.4 Å². The second-order valence-corrected chi connectivity index (χ2v) is 18.6. The average molecular weight is 800 g/mol. The number of amides is 1. The Morgan fingerprint density at radius 3 is 1.40 bits per heavy atom. The Labute approximate surface area is 341 Å². The Balaban J connectivity index is 4.40. The first-order chi connectivity index (χ1) is 26.5. The van der Waals surface area contributed by atoms with Gasteiger partial charge in [0.25, 0.3) is 0 Å². The molecule has 0 aromatic rings. The van der Waals surface area contributed by atoms with Crippen LogP contribution in [-0.2, 0) is 18.4 Å². The van der Waals surface area contributed by atoms with Crippen molar-refractivity contribution in [2.75, 3.05) is 40.9 Å². The molecule has 0 aromatic carbocycles. The van der Waals surface area contributed by atoms with Crippen LogP contribution in [0.5, 0.6) is 0 Å². The van der Waals surface area contributed by atoms with Crippen molar-refractivity contribution in [3.05, 3.63) is 24.3 Å². The fourth-order valence-electron chi connectivity index (χ4n) is 6.68. The first-order valence-electron chi connectivity index (χ1n) is 23.2. The van der Waals surface area contributed by atoms with Crippen molar-refractivity contribution in [2.24, 2.45) is 0 Å². The Hall–Kier alpha value is -1.02. The molecule has 3 N–H and O–H groups in total. The molecule has 9 heteroatoms. The molecule has 0 saturated heterocycles.